The SMILES string of the molecule is CC(=O)N1CCc2ccccc2C1CC(=O)Nc1nc2c(C)cccc2s1. The van der Waals surface area contributed by atoms with Crippen molar-refractivity contribution in [2.45, 2.75) is 32.7 Å². The van der Waals surface area contributed by atoms with Gasteiger partial charge in [-0.05, 0) is 36.1 Å². The second-order valence-electron chi connectivity index (χ2n) is 6.87. The van der Waals surface area contributed by atoms with Crippen molar-refractivity contribution in [2.75, 3.05) is 11.9 Å². The summed E-state index contributed by atoms with van der Waals surface area (Å²) in [5.41, 5.74) is 4.29. The van der Waals surface area contributed by atoms with Crippen LogP contribution in [0.1, 0.15) is 36.1 Å². The van der Waals surface area contributed by atoms with Crippen molar-refractivity contribution in [1.29, 1.82) is 0 Å². The van der Waals surface area contributed by atoms with Gasteiger partial charge < -0.3 is 10.2 Å². The summed E-state index contributed by atoms with van der Waals surface area (Å²) in [6.45, 7) is 4.22. The van der Waals surface area contributed by atoms with Crippen molar-refractivity contribution < 1.29 is 9.59 Å². The van der Waals surface area contributed by atoms with Crippen LogP contribution in [0.2, 0.25) is 0 Å². The van der Waals surface area contributed by atoms with Gasteiger partial charge >= 0.3 is 0 Å². The second-order valence-corrected chi connectivity index (χ2v) is 7.90. The molecule has 1 unspecified atom stereocenters. The number of hydrogen-bond acceptors (Lipinski definition) is 4. The number of aromatic nitrogens is 1. The fourth-order valence-corrected chi connectivity index (χ4v) is 4.69. The van der Waals surface area contributed by atoms with Gasteiger partial charge in [0.25, 0.3) is 0 Å². The molecule has 0 spiro atoms. The Kier molecular flexibility index (Phi) is 4.66. The molecule has 0 saturated heterocycles. The Morgan fingerprint density at radius 1 is 1.22 bits per heavy atom. The fraction of sp³-hybridized carbons (Fsp3) is 0.286. The molecule has 0 aliphatic carbocycles. The van der Waals surface area contributed by atoms with E-state index in [2.05, 4.69) is 16.4 Å². The zero-order valence-electron chi connectivity index (χ0n) is 15.4. The molecule has 3 aromatic rings. The third kappa shape index (κ3) is 3.45. The molecule has 27 heavy (non-hydrogen) atoms. The number of nitrogens with one attached hydrogen (secondary N) is 1. The van der Waals surface area contributed by atoms with Crippen LogP contribution < -0.4 is 5.32 Å². The van der Waals surface area contributed by atoms with E-state index in [1.807, 2.05) is 43.3 Å². The number of carbonyl (C=O) groups excluding carboxylic acids is 2. The highest BCUT2D eigenvalue weighted by atomic mass is 32.1. The Hall–Kier alpha value is -2.73. The lowest BCUT2D eigenvalue weighted by Gasteiger charge is -2.36. The van der Waals surface area contributed by atoms with Crippen molar-refractivity contribution in [3.8, 4) is 0 Å². The molecule has 2 aromatic carbocycles. The highest BCUT2D eigenvalue weighted by Gasteiger charge is 2.30. The molecule has 2 amide bonds. The van der Waals surface area contributed by atoms with Crippen LogP contribution in [0.5, 0.6) is 0 Å². The van der Waals surface area contributed by atoms with Crippen molar-refractivity contribution >= 4 is 38.5 Å². The Morgan fingerprint density at radius 3 is 2.81 bits per heavy atom. The number of anilines is 1. The number of benzene rings is 2. The van der Waals surface area contributed by atoms with E-state index in [-0.39, 0.29) is 24.3 Å². The number of aryl methyl sites for hydroxylation is 1. The zero-order valence-corrected chi connectivity index (χ0v) is 16.2. The lowest BCUT2D eigenvalue weighted by molar-refractivity contribution is -0.132. The smallest absolute Gasteiger partial charge is 0.228 e. The van der Waals surface area contributed by atoms with E-state index in [9.17, 15) is 9.59 Å². The van der Waals surface area contributed by atoms with Crippen LogP contribution >= 0.6 is 11.3 Å². The number of nitrogens with zero attached hydrogens (tertiary/aromatic N) is 2. The van der Waals surface area contributed by atoms with Crippen LogP contribution in [0, 0.1) is 6.92 Å². The van der Waals surface area contributed by atoms with Gasteiger partial charge in [-0.3, -0.25) is 9.59 Å². The molecule has 0 radical (unpaired) electrons. The standard InChI is InChI=1S/C21H21N3O2S/c1-13-6-5-9-18-20(13)23-21(27-18)22-19(26)12-17-16-8-4-3-7-15(16)10-11-24(17)14(2)25/h3-9,17H,10-12H2,1-2H3,(H,22,23,26). The van der Waals surface area contributed by atoms with Gasteiger partial charge in [0.05, 0.1) is 22.7 Å². The third-order valence-electron chi connectivity index (χ3n) is 5.06. The lowest BCUT2D eigenvalue weighted by Crippen LogP contribution is -2.40. The van der Waals surface area contributed by atoms with Gasteiger partial charge in [0, 0.05) is 13.5 Å². The molecule has 1 aliphatic rings. The summed E-state index contributed by atoms with van der Waals surface area (Å²) in [5, 5.41) is 3.53. The molecule has 1 aromatic heterocycles. The first-order chi connectivity index (χ1) is 13.0. The third-order valence-corrected chi connectivity index (χ3v) is 6.00. The van der Waals surface area contributed by atoms with Crippen molar-refractivity contribution in [3.05, 3.63) is 59.2 Å². The van der Waals surface area contributed by atoms with Crippen LogP contribution in [0.4, 0.5) is 5.13 Å². The summed E-state index contributed by atoms with van der Waals surface area (Å²) in [5.74, 6) is -0.127. The molecule has 5 nitrogen and oxygen atoms in total. The van der Waals surface area contributed by atoms with Gasteiger partial charge in [-0.2, -0.15) is 0 Å². The minimum Gasteiger partial charge on any atom is -0.335 e. The van der Waals surface area contributed by atoms with E-state index in [1.165, 1.54) is 16.9 Å². The number of hydrogen-bond donors (Lipinski definition) is 1. The number of fused-ring (bicyclic) bond motifs is 2. The minimum absolute atomic E-state index is 0.00193. The monoisotopic (exact) mass is 379 g/mol. The summed E-state index contributed by atoms with van der Waals surface area (Å²) in [4.78, 5) is 31.2. The molecule has 4 rings (SSSR count). The summed E-state index contributed by atoms with van der Waals surface area (Å²) in [6, 6.07) is 13.8. The van der Waals surface area contributed by atoms with Gasteiger partial charge in [-0.1, -0.05) is 47.7 Å². The molecule has 1 atom stereocenters. The summed E-state index contributed by atoms with van der Waals surface area (Å²) >= 11 is 1.47. The molecule has 6 heteroatoms. The predicted molar refractivity (Wildman–Crippen MR) is 108 cm³/mol. The first-order valence-corrected chi connectivity index (χ1v) is 9.85. The molecular weight excluding hydrogens is 358 g/mol. The van der Waals surface area contributed by atoms with Gasteiger partial charge in [0.1, 0.15) is 0 Å². The van der Waals surface area contributed by atoms with Crippen molar-refractivity contribution in [3.63, 3.8) is 0 Å². The van der Waals surface area contributed by atoms with Crippen molar-refractivity contribution in [2.24, 2.45) is 0 Å². The largest absolute Gasteiger partial charge is 0.335 e. The fourth-order valence-electron chi connectivity index (χ4n) is 3.73. The Balaban J connectivity index is 1.56. The molecule has 1 N–H and O–H groups in total. The van der Waals surface area contributed by atoms with Crippen molar-refractivity contribution in [1.82, 2.24) is 9.88 Å². The topological polar surface area (TPSA) is 62.3 Å². The number of thiazole rings is 1. The maximum absolute atomic E-state index is 12.7. The number of amides is 2. The zero-order chi connectivity index (χ0) is 19.0. The van der Waals surface area contributed by atoms with E-state index in [1.54, 1.807) is 11.8 Å². The number of carbonyl (C=O) groups is 2. The van der Waals surface area contributed by atoms with Crippen LogP contribution in [-0.4, -0.2) is 28.2 Å². The average molecular weight is 379 g/mol. The quantitative estimate of drug-likeness (QED) is 0.746. The van der Waals surface area contributed by atoms with Gasteiger partial charge in [-0.15, -0.1) is 0 Å². The normalized spacial score (nSPS) is 16.2. The number of para-hydroxylation sites is 1. The molecular formula is C21H21N3O2S. The summed E-state index contributed by atoms with van der Waals surface area (Å²) in [7, 11) is 0. The Bertz CT molecular complexity index is 1030. The molecule has 0 fully saturated rings. The molecule has 2 heterocycles. The maximum Gasteiger partial charge on any atom is 0.228 e. The van der Waals surface area contributed by atoms with Gasteiger partial charge in [0.15, 0.2) is 5.13 Å². The second kappa shape index (κ2) is 7.12. The van der Waals surface area contributed by atoms with E-state index < -0.39 is 0 Å². The lowest BCUT2D eigenvalue weighted by atomic mass is 9.90. The summed E-state index contributed by atoms with van der Waals surface area (Å²) < 4.78 is 1.05. The van der Waals surface area contributed by atoms with Crippen LogP contribution in [0.25, 0.3) is 10.2 Å². The molecule has 138 valence electrons. The predicted octanol–water partition coefficient (Wildman–Crippen LogP) is 4.08. The molecule has 0 saturated carbocycles. The molecule has 0 bridgehead atoms. The first kappa shape index (κ1) is 17.7. The highest BCUT2D eigenvalue weighted by molar-refractivity contribution is 7.22. The van der Waals surface area contributed by atoms with Crippen LogP contribution in [-0.2, 0) is 16.0 Å². The summed E-state index contributed by atoms with van der Waals surface area (Å²) in [6.07, 6.45) is 1.05. The Morgan fingerprint density at radius 2 is 2.04 bits per heavy atom. The van der Waals surface area contributed by atoms with Gasteiger partial charge in [-0.25, -0.2) is 4.98 Å². The van der Waals surface area contributed by atoms with E-state index >= 15 is 0 Å². The minimum atomic E-state index is -0.233. The Labute approximate surface area is 162 Å². The molecule has 1 aliphatic heterocycles. The van der Waals surface area contributed by atoms with Gasteiger partial charge in [0.2, 0.25) is 11.8 Å². The van der Waals surface area contributed by atoms with Crippen LogP contribution in [0.15, 0.2) is 42.5 Å². The average Bonchev–Trinajstić information content (AvgIpc) is 3.05. The van der Waals surface area contributed by atoms with E-state index in [0.717, 1.165) is 27.8 Å². The van der Waals surface area contributed by atoms with E-state index in [0.29, 0.717) is 11.7 Å². The maximum atomic E-state index is 12.7. The van der Waals surface area contributed by atoms with E-state index in [4.69, 9.17) is 0 Å². The number of rotatable bonds is 3. The first-order valence-electron chi connectivity index (χ1n) is 9.04. The highest BCUT2D eigenvalue weighted by Crippen LogP contribution is 2.33. The van der Waals surface area contributed by atoms with Crippen LogP contribution in [0.3, 0.4) is 0 Å².